The Labute approximate surface area is 108 Å². The van der Waals surface area contributed by atoms with E-state index in [1.165, 1.54) is 6.42 Å². The molecule has 1 saturated heterocycles. The van der Waals surface area contributed by atoms with E-state index < -0.39 is 0 Å². The highest BCUT2D eigenvalue weighted by Crippen LogP contribution is 2.27. The van der Waals surface area contributed by atoms with E-state index in [-0.39, 0.29) is 0 Å². The van der Waals surface area contributed by atoms with Crippen LogP contribution in [-0.4, -0.2) is 18.5 Å². The summed E-state index contributed by atoms with van der Waals surface area (Å²) in [5.74, 6) is 0.974. The number of nitrogens with zero attached hydrogens (tertiary/aromatic N) is 1. The van der Waals surface area contributed by atoms with Crippen LogP contribution in [0.3, 0.4) is 0 Å². The number of halogens is 1. The van der Waals surface area contributed by atoms with Crippen molar-refractivity contribution in [1.82, 2.24) is 0 Å². The highest BCUT2D eigenvalue weighted by Gasteiger charge is 2.15. The highest BCUT2D eigenvalue weighted by atomic mass is 79.9. The van der Waals surface area contributed by atoms with Crippen molar-refractivity contribution in [1.29, 1.82) is 5.26 Å². The molecule has 0 radical (unpaired) electrons. The molecule has 16 heavy (non-hydrogen) atoms. The highest BCUT2D eigenvalue weighted by molar-refractivity contribution is 9.10. The maximum Gasteiger partial charge on any atom is 0.0992 e. The van der Waals surface area contributed by atoms with E-state index in [2.05, 4.69) is 22.0 Å². The van der Waals surface area contributed by atoms with Crippen molar-refractivity contribution in [2.45, 2.75) is 23.8 Å². The first-order valence-corrected chi connectivity index (χ1v) is 7.01. The zero-order valence-electron chi connectivity index (χ0n) is 8.78. The zero-order valence-corrected chi connectivity index (χ0v) is 11.2. The molecule has 0 amide bonds. The van der Waals surface area contributed by atoms with E-state index >= 15 is 0 Å². The van der Waals surface area contributed by atoms with Gasteiger partial charge in [0.2, 0.25) is 0 Å². The molecule has 0 aliphatic carbocycles. The first kappa shape index (κ1) is 12.0. The molecule has 1 aromatic carbocycles. The molecule has 1 aliphatic rings. The van der Waals surface area contributed by atoms with Gasteiger partial charge in [-0.3, -0.25) is 0 Å². The minimum atomic E-state index is 0.384. The molecule has 1 unspecified atom stereocenters. The van der Waals surface area contributed by atoms with Crippen molar-refractivity contribution in [2.75, 3.05) is 12.4 Å². The van der Waals surface area contributed by atoms with Crippen molar-refractivity contribution in [3.63, 3.8) is 0 Å². The van der Waals surface area contributed by atoms with Gasteiger partial charge in [0.25, 0.3) is 0 Å². The summed E-state index contributed by atoms with van der Waals surface area (Å²) < 4.78 is 6.52. The quantitative estimate of drug-likeness (QED) is 0.799. The molecule has 0 N–H and O–H groups in total. The molecular formula is C12H12BrNOS. The lowest BCUT2D eigenvalue weighted by Crippen LogP contribution is -2.07. The minimum Gasteiger partial charge on any atom is -0.377 e. The Kier molecular flexibility index (Phi) is 4.28. The standard InChI is InChI=1S/C12H12BrNOS/c13-10-4-9(7-14)5-12(6-10)16-8-11-2-1-3-15-11/h4-6,11H,1-3,8H2. The lowest BCUT2D eigenvalue weighted by atomic mass is 10.2. The summed E-state index contributed by atoms with van der Waals surface area (Å²) in [4.78, 5) is 1.13. The molecule has 0 spiro atoms. The van der Waals surface area contributed by atoms with Gasteiger partial charge in [0, 0.05) is 21.7 Å². The SMILES string of the molecule is N#Cc1cc(Br)cc(SCC2CCCO2)c1. The van der Waals surface area contributed by atoms with E-state index in [4.69, 9.17) is 10.00 Å². The molecule has 84 valence electrons. The van der Waals surface area contributed by atoms with Gasteiger partial charge in [0.05, 0.1) is 17.7 Å². The fraction of sp³-hybridized carbons (Fsp3) is 0.417. The summed E-state index contributed by atoms with van der Waals surface area (Å²) in [5, 5.41) is 8.86. The molecule has 2 rings (SSSR count). The van der Waals surface area contributed by atoms with E-state index in [0.29, 0.717) is 11.7 Å². The van der Waals surface area contributed by atoms with Crippen LogP contribution in [-0.2, 0) is 4.74 Å². The summed E-state index contributed by atoms with van der Waals surface area (Å²) in [5.41, 5.74) is 0.698. The number of nitriles is 1. The normalized spacial score (nSPS) is 19.6. The second kappa shape index (κ2) is 5.72. The third kappa shape index (κ3) is 3.24. The van der Waals surface area contributed by atoms with Gasteiger partial charge in [-0.25, -0.2) is 0 Å². The van der Waals surface area contributed by atoms with Crippen LogP contribution in [0.15, 0.2) is 27.6 Å². The predicted molar refractivity (Wildman–Crippen MR) is 68.6 cm³/mol. The van der Waals surface area contributed by atoms with Crippen molar-refractivity contribution in [3.8, 4) is 6.07 Å². The molecule has 1 fully saturated rings. The molecule has 0 saturated carbocycles. The maximum absolute atomic E-state index is 8.86. The van der Waals surface area contributed by atoms with Crippen LogP contribution >= 0.6 is 27.7 Å². The molecule has 1 aliphatic heterocycles. The number of hydrogen-bond donors (Lipinski definition) is 0. The average Bonchev–Trinajstić information content (AvgIpc) is 2.78. The van der Waals surface area contributed by atoms with Gasteiger partial charge in [-0.1, -0.05) is 15.9 Å². The Morgan fingerprint density at radius 3 is 3.06 bits per heavy atom. The van der Waals surface area contributed by atoms with Crippen molar-refractivity contribution in [2.24, 2.45) is 0 Å². The molecule has 1 atom stereocenters. The Balaban J connectivity index is 1.98. The molecule has 0 aromatic heterocycles. The molecular weight excluding hydrogens is 286 g/mol. The minimum absolute atomic E-state index is 0.384. The summed E-state index contributed by atoms with van der Waals surface area (Å²) in [7, 11) is 0. The molecule has 1 aromatic rings. The van der Waals surface area contributed by atoms with Crippen LogP contribution in [0.2, 0.25) is 0 Å². The second-order valence-electron chi connectivity index (χ2n) is 3.73. The average molecular weight is 298 g/mol. The van der Waals surface area contributed by atoms with Crippen LogP contribution in [0.4, 0.5) is 0 Å². The van der Waals surface area contributed by atoms with Crippen molar-refractivity contribution in [3.05, 3.63) is 28.2 Å². The first-order valence-electron chi connectivity index (χ1n) is 5.23. The molecule has 4 heteroatoms. The largest absolute Gasteiger partial charge is 0.377 e. The second-order valence-corrected chi connectivity index (χ2v) is 5.74. The number of thioether (sulfide) groups is 1. The lowest BCUT2D eigenvalue weighted by Gasteiger charge is -2.08. The number of hydrogen-bond acceptors (Lipinski definition) is 3. The smallest absolute Gasteiger partial charge is 0.0992 e. The van der Waals surface area contributed by atoms with Gasteiger partial charge in [-0.2, -0.15) is 5.26 Å². The third-order valence-corrected chi connectivity index (χ3v) is 4.03. The van der Waals surface area contributed by atoms with Crippen molar-refractivity contribution >= 4 is 27.7 Å². The van der Waals surface area contributed by atoms with Crippen LogP contribution < -0.4 is 0 Å². The van der Waals surface area contributed by atoms with Crippen molar-refractivity contribution < 1.29 is 4.74 Å². The topological polar surface area (TPSA) is 33.0 Å². The Morgan fingerprint density at radius 1 is 1.50 bits per heavy atom. The fourth-order valence-electron chi connectivity index (χ4n) is 1.68. The number of benzene rings is 1. The summed E-state index contributed by atoms with van der Waals surface area (Å²) in [6.07, 6.45) is 2.72. The van der Waals surface area contributed by atoms with E-state index in [0.717, 1.165) is 28.1 Å². The van der Waals surface area contributed by atoms with Gasteiger partial charge >= 0.3 is 0 Å². The Bertz CT molecular complexity index is 410. The monoisotopic (exact) mass is 297 g/mol. The number of rotatable bonds is 3. The predicted octanol–water partition coefficient (Wildman–Crippen LogP) is 3.59. The van der Waals surface area contributed by atoms with Crippen LogP contribution in [0.1, 0.15) is 18.4 Å². The maximum atomic E-state index is 8.86. The van der Waals surface area contributed by atoms with Gasteiger partial charge in [-0.05, 0) is 31.0 Å². The fourth-order valence-corrected chi connectivity index (χ4v) is 3.38. The molecule has 0 bridgehead atoms. The van der Waals surface area contributed by atoms with Crippen LogP contribution in [0.5, 0.6) is 0 Å². The van der Waals surface area contributed by atoms with Crippen LogP contribution in [0.25, 0.3) is 0 Å². The Hall–Kier alpha value is -0.500. The summed E-state index contributed by atoms with van der Waals surface area (Å²) >= 11 is 5.17. The van der Waals surface area contributed by atoms with Gasteiger partial charge in [0.1, 0.15) is 0 Å². The summed E-state index contributed by atoms with van der Waals surface area (Å²) in [6, 6.07) is 7.95. The number of ether oxygens (including phenoxy) is 1. The summed E-state index contributed by atoms with van der Waals surface area (Å²) in [6.45, 7) is 0.896. The van der Waals surface area contributed by atoms with E-state index in [1.54, 1.807) is 11.8 Å². The van der Waals surface area contributed by atoms with Crippen LogP contribution in [0, 0.1) is 11.3 Å². The molecule has 2 nitrogen and oxygen atoms in total. The zero-order chi connectivity index (χ0) is 11.4. The van der Waals surface area contributed by atoms with Gasteiger partial charge in [-0.15, -0.1) is 11.8 Å². The van der Waals surface area contributed by atoms with Gasteiger partial charge in [0.15, 0.2) is 0 Å². The molecule has 1 heterocycles. The van der Waals surface area contributed by atoms with Gasteiger partial charge < -0.3 is 4.74 Å². The Morgan fingerprint density at radius 2 is 2.38 bits per heavy atom. The third-order valence-electron chi connectivity index (χ3n) is 2.46. The lowest BCUT2D eigenvalue weighted by molar-refractivity contribution is 0.129. The van der Waals surface area contributed by atoms with E-state index in [1.807, 2.05) is 18.2 Å². The first-order chi connectivity index (χ1) is 7.78. The van der Waals surface area contributed by atoms with E-state index in [9.17, 15) is 0 Å².